The summed E-state index contributed by atoms with van der Waals surface area (Å²) in [5.41, 5.74) is 1.000. The topological polar surface area (TPSA) is 66.8 Å². The van der Waals surface area contributed by atoms with Crippen LogP contribution in [0.5, 0.6) is 0 Å². The third-order valence-corrected chi connectivity index (χ3v) is 3.48. The van der Waals surface area contributed by atoms with Gasteiger partial charge in [0.1, 0.15) is 12.0 Å². The number of hydrogen-bond donors (Lipinski definition) is 1. The van der Waals surface area contributed by atoms with Gasteiger partial charge in [0.15, 0.2) is 0 Å². The van der Waals surface area contributed by atoms with Gasteiger partial charge in [-0.15, -0.1) is 0 Å². The molecule has 1 saturated heterocycles. The lowest BCUT2D eigenvalue weighted by Gasteiger charge is -2.37. The van der Waals surface area contributed by atoms with Crippen LogP contribution in [0.15, 0.2) is 30.3 Å². The number of carbonyl (C=O) groups is 2. The van der Waals surface area contributed by atoms with Crippen LogP contribution in [0.2, 0.25) is 0 Å². The fraction of sp³-hybridized carbons (Fsp3) is 0.467. The van der Waals surface area contributed by atoms with Gasteiger partial charge in [-0.3, -0.25) is 9.59 Å². The van der Waals surface area contributed by atoms with E-state index in [-0.39, 0.29) is 18.1 Å². The van der Waals surface area contributed by atoms with Crippen molar-refractivity contribution < 1.29 is 19.4 Å². The van der Waals surface area contributed by atoms with Crippen LogP contribution >= 0.6 is 0 Å². The van der Waals surface area contributed by atoms with Crippen LogP contribution < -0.4 is 0 Å². The summed E-state index contributed by atoms with van der Waals surface area (Å²) in [5, 5.41) is 8.95. The van der Waals surface area contributed by atoms with Gasteiger partial charge in [0.05, 0.1) is 12.6 Å². The van der Waals surface area contributed by atoms with Crippen molar-refractivity contribution in [2.75, 3.05) is 13.1 Å². The van der Waals surface area contributed by atoms with Crippen molar-refractivity contribution in [1.82, 2.24) is 4.90 Å². The van der Waals surface area contributed by atoms with E-state index in [1.54, 1.807) is 4.90 Å². The highest BCUT2D eigenvalue weighted by Gasteiger charge is 2.33. The Labute approximate surface area is 118 Å². The summed E-state index contributed by atoms with van der Waals surface area (Å²) in [6.07, 6.45) is -0.316. The SMILES string of the molecule is CC1CN(C(=O)C(C)C(=O)O)CC(c2ccccc2)O1. The van der Waals surface area contributed by atoms with Gasteiger partial charge in [0.25, 0.3) is 0 Å². The van der Waals surface area contributed by atoms with Crippen molar-refractivity contribution in [1.29, 1.82) is 0 Å². The summed E-state index contributed by atoms with van der Waals surface area (Å²) < 4.78 is 5.85. The molecule has 1 aromatic carbocycles. The van der Waals surface area contributed by atoms with Crippen molar-refractivity contribution in [2.24, 2.45) is 5.92 Å². The monoisotopic (exact) mass is 277 g/mol. The first-order valence-corrected chi connectivity index (χ1v) is 6.71. The van der Waals surface area contributed by atoms with Crippen LogP contribution in [0.4, 0.5) is 0 Å². The van der Waals surface area contributed by atoms with E-state index in [0.717, 1.165) is 5.56 Å². The number of amides is 1. The molecular weight excluding hydrogens is 258 g/mol. The number of morpholine rings is 1. The van der Waals surface area contributed by atoms with Gasteiger partial charge >= 0.3 is 5.97 Å². The second-order valence-corrected chi connectivity index (χ2v) is 5.15. The van der Waals surface area contributed by atoms with Crippen LogP contribution in [-0.4, -0.2) is 41.1 Å². The Morgan fingerprint density at radius 2 is 1.95 bits per heavy atom. The lowest BCUT2D eigenvalue weighted by molar-refractivity contribution is -0.157. The zero-order valence-electron chi connectivity index (χ0n) is 11.7. The maximum absolute atomic E-state index is 12.2. The molecule has 20 heavy (non-hydrogen) atoms. The molecule has 5 nitrogen and oxygen atoms in total. The molecule has 5 heteroatoms. The normalized spacial score (nSPS) is 24.2. The van der Waals surface area contributed by atoms with E-state index in [4.69, 9.17) is 9.84 Å². The van der Waals surface area contributed by atoms with Crippen LogP contribution in [0.1, 0.15) is 25.5 Å². The molecule has 3 unspecified atom stereocenters. The van der Waals surface area contributed by atoms with Crippen molar-refractivity contribution in [3.63, 3.8) is 0 Å². The number of ether oxygens (including phenoxy) is 1. The summed E-state index contributed by atoms with van der Waals surface area (Å²) in [5.74, 6) is -2.46. The molecule has 108 valence electrons. The minimum absolute atomic E-state index is 0.112. The quantitative estimate of drug-likeness (QED) is 0.854. The molecule has 1 aromatic rings. The molecule has 0 spiro atoms. The summed E-state index contributed by atoms with van der Waals surface area (Å²) in [7, 11) is 0. The molecule has 3 atom stereocenters. The standard InChI is InChI=1S/C15H19NO4/c1-10-8-16(14(17)11(2)15(18)19)9-13(20-10)12-6-4-3-5-7-12/h3-7,10-11,13H,8-9H2,1-2H3,(H,18,19). The molecule has 0 saturated carbocycles. The lowest BCUT2D eigenvalue weighted by Crippen LogP contribution is -2.48. The van der Waals surface area contributed by atoms with E-state index in [2.05, 4.69) is 0 Å². The first kappa shape index (κ1) is 14.5. The molecule has 0 aliphatic carbocycles. The minimum atomic E-state index is -1.09. The maximum Gasteiger partial charge on any atom is 0.315 e. The van der Waals surface area contributed by atoms with Crippen molar-refractivity contribution in [3.8, 4) is 0 Å². The van der Waals surface area contributed by atoms with E-state index >= 15 is 0 Å². The first-order chi connectivity index (χ1) is 9.49. The number of nitrogens with zero attached hydrogens (tertiary/aromatic N) is 1. The Bertz CT molecular complexity index is 488. The van der Waals surface area contributed by atoms with Gasteiger partial charge in [0.2, 0.25) is 5.91 Å². The van der Waals surface area contributed by atoms with E-state index in [1.807, 2.05) is 37.3 Å². The van der Waals surface area contributed by atoms with Crippen LogP contribution in [-0.2, 0) is 14.3 Å². The highest BCUT2D eigenvalue weighted by atomic mass is 16.5. The predicted octanol–water partition coefficient (Wildman–Crippen LogP) is 1.70. The predicted molar refractivity (Wildman–Crippen MR) is 73.1 cm³/mol. The largest absolute Gasteiger partial charge is 0.481 e. The number of hydrogen-bond acceptors (Lipinski definition) is 3. The molecule has 1 fully saturated rings. The Hall–Kier alpha value is -1.88. The fourth-order valence-electron chi connectivity index (χ4n) is 2.36. The molecule has 0 bridgehead atoms. The number of rotatable bonds is 3. The average Bonchev–Trinajstić information content (AvgIpc) is 2.45. The molecule has 0 radical (unpaired) electrons. The van der Waals surface area contributed by atoms with Gasteiger partial charge < -0.3 is 14.7 Å². The minimum Gasteiger partial charge on any atom is -0.481 e. The summed E-state index contributed by atoms with van der Waals surface area (Å²) in [4.78, 5) is 24.7. The number of aliphatic carboxylic acids is 1. The van der Waals surface area contributed by atoms with Gasteiger partial charge in [-0.1, -0.05) is 30.3 Å². The second kappa shape index (κ2) is 6.05. The highest BCUT2D eigenvalue weighted by molar-refractivity contribution is 5.96. The highest BCUT2D eigenvalue weighted by Crippen LogP contribution is 2.25. The Morgan fingerprint density at radius 1 is 1.30 bits per heavy atom. The molecule has 1 aliphatic heterocycles. The lowest BCUT2D eigenvalue weighted by atomic mass is 10.0. The number of benzene rings is 1. The van der Waals surface area contributed by atoms with E-state index in [9.17, 15) is 9.59 Å². The average molecular weight is 277 g/mol. The van der Waals surface area contributed by atoms with Gasteiger partial charge in [0, 0.05) is 6.54 Å². The summed E-state index contributed by atoms with van der Waals surface area (Å²) >= 11 is 0. The fourth-order valence-corrected chi connectivity index (χ4v) is 2.36. The zero-order valence-corrected chi connectivity index (χ0v) is 11.7. The summed E-state index contributed by atoms with van der Waals surface area (Å²) in [6, 6.07) is 9.66. The Balaban J connectivity index is 2.12. The summed E-state index contributed by atoms with van der Waals surface area (Å²) in [6.45, 7) is 4.13. The second-order valence-electron chi connectivity index (χ2n) is 5.15. The van der Waals surface area contributed by atoms with Crippen LogP contribution in [0.3, 0.4) is 0 Å². The van der Waals surface area contributed by atoms with Crippen LogP contribution in [0, 0.1) is 5.92 Å². The molecule has 0 aromatic heterocycles. The van der Waals surface area contributed by atoms with Crippen molar-refractivity contribution in [3.05, 3.63) is 35.9 Å². The first-order valence-electron chi connectivity index (χ1n) is 6.71. The maximum atomic E-state index is 12.2. The third-order valence-electron chi connectivity index (χ3n) is 3.48. The zero-order chi connectivity index (χ0) is 14.7. The van der Waals surface area contributed by atoms with Crippen molar-refractivity contribution >= 4 is 11.9 Å². The molecule has 1 amide bonds. The molecule has 1 N–H and O–H groups in total. The van der Waals surface area contributed by atoms with Crippen molar-refractivity contribution in [2.45, 2.75) is 26.1 Å². The molecule has 1 aliphatic rings. The number of carboxylic acids is 1. The smallest absolute Gasteiger partial charge is 0.315 e. The number of carbonyl (C=O) groups excluding carboxylic acids is 1. The third kappa shape index (κ3) is 3.17. The number of carboxylic acid groups (broad SMARTS) is 1. The van der Waals surface area contributed by atoms with Gasteiger partial charge in [-0.05, 0) is 19.4 Å². The Kier molecular flexibility index (Phi) is 4.39. The van der Waals surface area contributed by atoms with Crippen LogP contribution in [0.25, 0.3) is 0 Å². The van der Waals surface area contributed by atoms with Gasteiger partial charge in [-0.25, -0.2) is 0 Å². The van der Waals surface area contributed by atoms with E-state index in [0.29, 0.717) is 13.1 Å². The molecular formula is C15H19NO4. The Morgan fingerprint density at radius 3 is 2.55 bits per heavy atom. The van der Waals surface area contributed by atoms with E-state index < -0.39 is 11.9 Å². The van der Waals surface area contributed by atoms with E-state index in [1.165, 1.54) is 6.92 Å². The molecule has 1 heterocycles. The van der Waals surface area contributed by atoms with Gasteiger partial charge in [-0.2, -0.15) is 0 Å². The molecule has 2 rings (SSSR count).